The molecule has 0 spiro atoms. The first kappa shape index (κ1) is 10.7. The van der Waals surface area contributed by atoms with Crippen molar-refractivity contribution in [1.82, 2.24) is 14.5 Å². The van der Waals surface area contributed by atoms with E-state index in [1.165, 1.54) is 6.07 Å². The molecule has 1 aliphatic heterocycles. The third-order valence-electron chi connectivity index (χ3n) is 3.01. The number of imidazole rings is 1. The first-order chi connectivity index (χ1) is 8.16. The van der Waals surface area contributed by atoms with Crippen molar-refractivity contribution in [2.24, 2.45) is 0 Å². The molecule has 3 nitrogen and oxygen atoms in total. The first-order valence-electron chi connectivity index (χ1n) is 5.34. The number of nitrogens with zero attached hydrogens (tertiary/aromatic N) is 3. The second-order valence-electron chi connectivity index (χ2n) is 4.29. The van der Waals surface area contributed by atoms with Crippen LogP contribution >= 0.6 is 11.6 Å². The Balaban J connectivity index is 2.29. The van der Waals surface area contributed by atoms with Crippen LogP contribution in [0.5, 0.6) is 0 Å². The highest BCUT2D eigenvalue weighted by Gasteiger charge is 2.20. The van der Waals surface area contributed by atoms with Crippen LogP contribution in [0.2, 0.25) is 5.02 Å². The van der Waals surface area contributed by atoms with Gasteiger partial charge in [0.15, 0.2) is 0 Å². The van der Waals surface area contributed by atoms with Crippen molar-refractivity contribution in [3.05, 3.63) is 46.8 Å². The van der Waals surface area contributed by atoms with E-state index in [-0.39, 0.29) is 10.8 Å². The minimum Gasteiger partial charge on any atom is -0.302 e. The van der Waals surface area contributed by atoms with Crippen molar-refractivity contribution in [3.8, 4) is 5.69 Å². The summed E-state index contributed by atoms with van der Waals surface area (Å²) in [6.45, 7) is 1.40. The summed E-state index contributed by atoms with van der Waals surface area (Å²) < 4.78 is 15.5. The minimum absolute atomic E-state index is 0.205. The molecule has 0 unspecified atom stereocenters. The molecule has 0 saturated heterocycles. The highest BCUT2D eigenvalue weighted by Crippen LogP contribution is 2.30. The smallest absolute Gasteiger partial charge is 0.142 e. The molecular formula is C12H11ClFN3. The Morgan fingerprint density at radius 3 is 3.00 bits per heavy atom. The lowest BCUT2D eigenvalue weighted by Gasteiger charge is -2.14. The molecule has 1 aromatic heterocycles. The fourth-order valence-electron chi connectivity index (χ4n) is 2.22. The third kappa shape index (κ3) is 1.64. The maximum atomic E-state index is 13.5. The Morgan fingerprint density at radius 1 is 1.35 bits per heavy atom. The minimum atomic E-state index is -0.373. The van der Waals surface area contributed by atoms with Gasteiger partial charge in [0.05, 0.1) is 22.7 Å². The third-order valence-corrected chi connectivity index (χ3v) is 3.41. The van der Waals surface area contributed by atoms with Gasteiger partial charge in [-0.15, -0.1) is 0 Å². The van der Waals surface area contributed by atoms with Gasteiger partial charge >= 0.3 is 0 Å². The van der Waals surface area contributed by atoms with Gasteiger partial charge in [0.2, 0.25) is 0 Å². The van der Waals surface area contributed by atoms with E-state index < -0.39 is 0 Å². The van der Waals surface area contributed by atoms with Crippen molar-refractivity contribution in [1.29, 1.82) is 0 Å². The molecule has 0 saturated carbocycles. The van der Waals surface area contributed by atoms with Crippen molar-refractivity contribution in [2.45, 2.75) is 13.1 Å². The predicted octanol–water partition coefficient (Wildman–Crippen LogP) is 2.61. The summed E-state index contributed by atoms with van der Waals surface area (Å²) in [7, 11) is 1.98. The molecule has 3 rings (SSSR count). The van der Waals surface area contributed by atoms with Crippen molar-refractivity contribution in [3.63, 3.8) is 0 Å². The lowest BCUT2D eigenvalue weighted by molar-refractivity contribution is 0.319. The molecule has 0 atom stereocenters. The Kier molecular flexibility index (Phi) is 2.42. The van der Waals surface area contributed by atoms with Gasteiger partial charge in [0.1, 0.15) is 5.82 Å². The van der Waals surface area contributed by atoms with Gasteiger partial charge in [-0.05, 0) is 19.2 Å². The zero-order chi connectivity index (χ0) is 12.0. The molecule has 17 heavy (non-hydrogen) atoms. The van der Waals surface area contributed by atoms with E-state index in [4.69, 9.17) is 11.6 Å². The average molecular weight is 252 g/mol. The molecule has 2 aromatic rings. The van der Waals surface area contributed by atoms with Crippen molar-refractivity contribution < 1.29 is 4.39 Å². The number of rotatable bonds is 0. The number of fused-ring (bicyclic) bond motifs is 3. The molecule has 0 radical (unpaired) electrons. The van der Waals surface area contributed by atoms with E-state index in [9.17, 15) is 4.39 Å². The van der Waals surface area contributed by atoms with Crippen LogP contribution in [0.1, 0.15) is 11.3 Å². The lowest BCUT2D eigenvalue weighted by atomic mass is 10.1. The van der Waals surface area contributed by atoms with Crippen molar-refractivity contribution >= 4 is 11.6 Å². The Morgan fingerprint density at radius 2 is 2.18 bits per heavy atom. The van der Waals surface area contributed by atoms with Crippen LogP contribution in [0.3, 0.4) is 0 Å². The van der Waals surface area contributed by atoms with Gasteiger partial charge in [-0.2, -0.15) is 0 Å². The molecule has 2 heterocycles. The molecular weight excluding hydrogens is 241 g/mol. The zero-order valence-corrected chi connectivity index (χ0v) is 10.1. The molecule has 88 valence electrons. The summed E-state index contributed by atoms with van der Waals surface area (Å²) in [5.74, 6) is -0.373. The maximum Gasteiger partial charge on any atom is 0.142 e. The highest BCUT2D eigenvalue weighted by molar-refractivity contribution is 6.31. The van der Waals surface area contributed by atoms with Crippen LogP contribution < -0.4 is 0 Å². The van der Waals surface area contributed by atoms with Crippen LogP contribution in [0.15, 0.2) is 24.7 Å². The van der Waals surface area contributed by atoms with E-state index in [0.717, 1.165) is 23.5 Å². The largest absolute Gasteiger partial charge is 0.302 e. The summed E-state index contributed by atoms with van der Waals surface area (Å²) in [6.07, 6.45) is 3.56. The summed E-state index contributed by atoms with van der Waals surface area (Å²) in [6, 6.07) is 3.15. The molecule has 5 heteroatoms. The topological polar surface area (TPSA) is 21.1 Å². The predicted molar refractivity (Wildman–Crippen MR) is 63.7 cm³/mol. The van der Waals surface area contributed by atoms with Crippen LogP contribution in [-0.4, -0.2) is 21.5 Å². The van der Waals surface area contributed by atoms with Gasteiger partial charge in [-0.25, -0.2) is 9.37 Å². The van der Waals surface area contributed by atoms with E-state index in [0.29, 0.717) is 6.54 Å². The fourth-order valence-corrected chi connectivity index (χ4v) is 2.44. The molecule has 0 amide bonds. The average Bonchev–Trinajstić information content (AvgIpc) is 2.68. The first-order valence-corrected chi connectivity index (χ1v) is 5.71. The summed E-state index contributed by atoms with van der Waals surface area (Å²) >= 11 is 6.05. The Bertz CT molecular complexity index is 579. The SMILES string of the molecule is CN1Cc2c(ccc(F)c2Cl)-n2cncc2C1. The number of hydrogen-bond acceptors (Lipinski definition) is 2. The monoisotopic (exact) mass is 251 g/mol. The number of benzene rings is 1. The second-order valence-corrected chi connectivity index (χ2v) is 4.66. The summed E-state index contributed by atoms with van der Waals surface area (Å²) in [5.41, 5.74) is 2.80. The van der Waals surface area contributed by atoms with Crippen LogP contribution in [-0.2, 0) is 13.1 Å². The van der Waals surface area contributed by atoms with Crippen LogP contribution in [0.4, 0.5) is 4.39 Å². The summed E-state index contributed by atoms with van der Waals surface area (Å²) in [4.78, 5) is 6.22. The van der Waals surface area contributed by atoms with Gasteiger partial charge in [0, 0.05) is 24.8 Å². The molecule has 1 aromatic carbocycles. The van der Waals surface area contributed by atoms with Gasteiger partial charge in [0.25, 0.3) is 0 Å². The molecule has 0 aliphatic carbocycles. The van der Waals surface area contributed by atoms with Gasteiger partial charge < -0.3 is 4.57 Å². The van der Waals surface area contributed by atoms with E-state index >= 15 is 0 Å². The van der Waals surface area contributed by atoms with E-state index in [1.807, 2.05) is 17.8 Å². The van der Waals surface area contributed by atoms with E-state index in [2.05, 4.69) is 9.88 Å². The Labute approximate surface area is 103 Å². The highest BCUT2D eigenvalue weighted by atomic mass is 35.5. The van der Waals surface area contributed by atoms with Gasteiger partial charge in [-0.1, -0.05) is 11.6 Å². The summed E-state index contributed by atoms with van der Waals surface area (Å²) in [5, 5.41) is 0.205. The van der Waals surface area contributed by atoms with E-state index in [1.54, 1.807) is 12.4 Å². The fraction of sp³-hybridized carbons (Fsp3) is 0.250. The molecule has 0 bridgehead atoms. The normalized spacial score (nSPS) is 15.2. The zero-order valence-electron chi connectivity index (χ0n) is 9.32. The number of hydrogen-bond donors (Lipinski definition) is 0. The molecule has 0 fully saturated rings. The van der Waals surface area contributed by atoms with Crippen LogP contribution in [0.25, 0.3) is 5.69 Å². The lowest BCUT2D eigenvalue weighted by Crippen LogP contribution is -2.16. The quantitative estimate of drug-likeness (QED) is 0.718. The molecule has 0 N–H and O–H groups in total. The maximum absolute atomic E-state index is 13.5. The standard InChI is InChI=1S/C12H11ClFN3/c1-16-5-8-4-15-7-17(8)11-3-2-10(14)12(13)9(11)6-16/h2-4,7H,5-6H2,1H3. The number of aromatic nitrogens is 2. The second kappa shape index (κ2) is 3.82. The number of halogens is 2. The van der Waals surface area contributed by atoms with Crippen molar-refractivity contribution in [2.75, 3.05) is 7.05 Å². The molecule has 1 aliphatic rings. The van der Waals surface area contributed by atoms with Crippen LogP contribution in [0, 0.1) is 5.82 Å². The van der Waals surface area contributed by atoms with Gasteiger partial charge in [-0.3, -0.25) is 4.90 Å². The Hall–Kier alpha value is -1.39.